The molecule has 1 fully saturated rings. The van der Waals surface area contributed by atoms with Crippen LogP contribution < -0.4 is 9.64 Å². The summed E-state index contributed by atoms with van der Waals surface area (Å²) < 4.78 is 34.7. The smallest absolute Gasteiger partial charge is 0.252 e. The molecule has 0 atom stereocenters. The largest absolute Gasteiger partial charge is 0.494 e. The predicted octanol–water partition coefficient (Wildman–Crippen LogP) is 6.04. The molecule has 0 aliphatic carbocycles. The Labute approximate surface area is 229 Å². The summed E-state index contributed by atoms with van der Waals surface area (Å²) in [4.78, 5) is 20.4. The molecule has 0 unspecified atom stereocenters. The quantitative estimate of drug-likeness (QED) is 0.256. The summed E-state index contributed by atoms with van der Waals surface area (Å²) in [6.45, 7) is 3.47. The minimum atomic E-state index is -3.62. The number of piperidine rings is 1. The van der Waals surface area contributed by atoms with E-state index in [1.807, 2.05) is 55.5 Å². The highest BCUT2D eigenvalue weighted by molar-refractivity contribution is 7.91. The lowest BCUT2D eigenvalue weighted by atomic mass is 9.96. The molecule has 5 rings (SSSR count). The number of thiazole rings is 1. The summed E-state index contributed by atoms with van der Waals surface area (Å²) in [5.41, 5.74) is 1.81. The first-order chi connectivity index (χ1) is 17.8. The van der Waals surface area contributed by atoms with Gasteiger partial charge in [-0.3, -0.25) is 9.69 Å². The number of carbonyl (C=O) groups excluding carboxylic acids is 1. The van der Waals surface area contributed by atoms with Crippen LogP contribution in [-0.2, 0) is 21.4 Å². The van der Waals surface area contributed by atoms with Crippen LogP contribution >= 0.6 is 34.3 Å². The van der Waals surface area contributed by atoms with Crippen molar-refractivity contribution < 1.29 is 17.9 Å². The summed E-state index contributed by atoms with van der Waals surface area (Å²) in [6, 6.07) is 18.7. The molecule has 7 nitrogen and oxygen atoms in total. The summed E-state index contributed by atoms with van der Waals surface area (Å²) in [7, 11) is -3.62. The SMILES string of the molecule is CCOc1ccc2nc(N(Cc3ccccc3)C(=O)C3CCN(S(=O)(=O)c4ccc(Cl)s4)CC3)sc2c1. The fourth-order valence-corrected chi connectivity index (χ4v) is 8.50. The zero-order valence-corrected chi connectivity index (χ0v) is 23.4. The van der Waals surface area contributed by atoms with Crippen molar-refractivity contribution in [2.75, 3.05) is 24.6 Å². The number of anilines is 1. The molecule has 194 valence electrons. The molecule has 37 heavy (non-hydrogen) atoms. The number of amides is 1. The third-order valence-electron chi connectivity index (χ3n) is 6.29. The third-order valence-corrected chi connectivity index (χ3v) is 10.9. The van der Waals surface area contributed by atoms with E-state index in [9.17, 15) is 13.2 Å². The normalized spacial score (nSPS) is 15.2. The molecular formula is C26H26ClN3O4S3. The molecule has 11 heteroatoms. The number of rotatable bonds is 8. The van der Waals surface area contributed by atoms with Gasteiger partial charge in [-0.15, -0.1) is 11.3 Å². The van der Waals surface area contributed by atoms with Crippen LogP contribution in [0.3, 0.4) is 0 Å². The lowest BCUT2D eigenvalue weighted by Crippen LogP contribution is -2.44. The zero-order valence-electron chi connectivity index (χ0n) is 20.2. The average Bonchev–Trinajstić information content (AvgIpc) is 3.54. The van der Waals surface area contributed by atoms with Gasteiger partial charge in [-0.05, 0) is 55.7 Å². The van der Waals surface area contributed by atoms with Gasteiger partial charge in [0.05, 0.1) is 27.7 Å². The van der Waals surface area contributed by atoms with Crippen molar-refractivity contribution in [1.82, 2.24) is 9.29 Å². The Balaban J connectivity index is 1.37. The second-order valence-electron chi connectivity index (χ2n) is 8.71. The van der Waals surface area contributed by atoms with Crippen LogP contribution in [0.15, 0.2) is 64.9 Å². The Morgan fingerprint density at radius 1 is 1.11 bits per heavy atom. The number of ether oxygens (including phenoxy) is 1. The van der Waals surface area contributed by atoms with Gasteiger partial charge in [0.2, 0.25) is 5.91 Å². The van der Waals surface area contributed by atoms with E-state index < -0.39 is 10.0 Å². The van der Waals surface area contributed by atoms with Gasteiger partial charge < -0.3 is 4.74 Å². The van der Waals surface area contributed by atoms with Gasteiger partial charge in [-0.1, -0.05) is 53.3 Å². The van der Waals surface area contributed by atoms with E-state index in [1.165, 1.54) is 21.7 Å². The highest BCUT2D eigenvalue weighted by Crippen LogP contribution is 2.35. The fraction of sp³-hybridized carbons (Fsp3) is 0.308. The molecule has 1 aliphatic rings. The number of thiophene rings is 1. The molecule has 4 aromatic rings. The van der Waals surface area contributed by atoms with Gasteiger partial charge in [-0.25, -0.2) is 13.4 Å². The summed E-state index contributed by atoms with van der Waals surface area (Å²) in [5, 5.41) is 0.626. The molecule has 0 saturated carbocycles. The number of aromatic nitrogens is 1. The topological polar surface area (TPSA) is 79.8 Å². The van der Waals surface area contributed by atoms with Crippen LogP contribution in [0.4, 0.5) is 5.13 Å². The monoisotopic (exact) mass is 575 g/mol. The van der Waals surface area contributed by atoms with Crippen LogP contribution in [0.2, 0.25) is 4.34 Å². The number of hydrogen-bond donors (Lipinski definition) is 0. The number of benzene rings is 2. The first-order valence-corrected chi connectivity index (χ1v) is 15.4. The van der Waals surface area contributed by atoms with Gasteiger partial charge in [0.15, 0.2) is 5.13 Å². The van der Waals surface area contributed by atoms with Crippen molar-refractivity contribution in [3.8, 4) is 5.75 Å². The fourth-order valence-electron chi connectivity index (χ4n) is 4.40. The molecule has 1 amide bonds. The van der Waals surface area contributed by atoms with E-state index >= 15 is 0 Å². The van der Waals surface area contributed by atoms with E-state index in [1.54, 1.807) is 11.0 Å². The first-order valence-electron chi connectivity index (χ1n) is 12.0. The van der Waals surface area contributed by atoms with E-state index in [0.717, 1.165) is 32.9 Å². The molecule has 1 aliphatic heterocycles. The van der Waals surface area contributed by atoms with Crippen molar-refractivity contribution in [3.05, 3.63) is 70.6 Å². The Morgan fingerprint density at radius 2 is 1.86 bits per heavy atom. The Hall–Kier alpha value is -2.50. The van der Waals surface area contributed by atoms with E-state index in [4.69, 9.17) is 21.3 Å². The van der Waals surface area contributed by atoms with Crippen LogP contribution in [0, 0.1) is 5.92 Å². The van der Waals surface area contributed by atoms with Crippen molar-refractivity contribution >= 4 is 65.6 Å². The number of fused-ring (bicyclic) bond motifs is 1. The van der Waals surface area contributed by atoms with E-state index in [0.29, 0.717) is 35.5 Å². The van der Waals surface area contributed by atoms with Crippen molar-refractivity contribution in [2.24, 2.45) is 5.92 Å². The van der Waals surface area contributed by atoms with Crippen LogP contribution in [0.1, 0.15) is 25.3 Å². The highest BCUT2D eigenvalue weighted by Gasteiger charge is 2.35. The van der Waals surface area contributed by atoms with Crippen molar-refractivity contribution in [1.29, 1.82) is 0 Å². The molecule has 0 N–H and O–H groups in total. The molecule has 0 spiro atoms. The van der Waals surface area contributed by atoms with E-state index in [2.05, 4.69) is 0 Å². The highest BCUT2D eigenvalue weighted by atomic mass is 35.5. The number of nitrogens with zero attached hydrogens (tertiary/aromatic N) is 3. The predicted molar refractivity (Wildman–Crippen MR) is 149 cm³/mol. The standard InChI is InChI=1S/C26H26ClN3O4S3/c1-2-34-20-8-9-21-22(16-20)35-26(28-21)30(17-18-6-4-3-5-7-18)25(31)19-12-14-29(15-13-19)37(32,33)24-11-10-23(27)36-24/h3-11,16,19H,2,12-15,17H2,1H3. The second kappa shape index (κ2) is 11.1. The lowest BCUT2D eigenvalue weighted by Gasteiger charge is -2.32. The summed E-state index contributed by atoms with van der Waals surface area (Å²) in [5.74, 6) is 0.434. The number of halogens is 1. The molecule has 3 heterocycles. The molecule has 0 radical (unpaired) electrons. The summed E-state index contributed by atoms with van der Waals surface area (Å²) in [6.07, 6.45) is 0.893. The maximum Gasteiger partial charge on any atom is 0.252 e. The Morgan fingerprint density at radius 3 is 2.54 bits per heavy atom. The van der Waals surface area contributed by atoms with Crippen LogP contribution in [0.5, 0.6) is 5.75 Å². The van der Waals surface area contributed by atoms with Crippen molar-refractivity contribution in [2.45, 2.75) is 30.5 Å². The molecular weight excluding hydrogens is 550 g/mol. The molecule has 2 aromatic heterocycles. The first kappa shape index (κ1) is 26.1. The molecule has 0 bridgehead atoms. The van der Waals surface area contributed by atoms with Crippen LogP contribution in [-0.4, -0.2) is 43.3 Å². The Kier molecular flexibility index (Phi) is 7.83. The maximum atomic E-state index is 13.9. The number of hydrogen-bond acceptors (Lipinski definition) is 7. The number of carbonyl (C=O) groups is 1. The zero-order chi connectivity index (χ0) is 26.0. The van der Waals surface area contributed by atoms with Crippen LogP contribution in [0.25, 0.3) is 10.2 Å². The minimum absolute atomic E-state index is 0.0378. The minimum Gasteiger partial charge on any atom is -0.494 e. The molecule has 2 aromatic carbocycles. The Bertz CT molecular complexity index is 1500. The number of sulfonamides is 1. The second-order valence-corrected chi connectivity index (χ2v) is 13.6. The summed E-state index contributed by atoms with van der Waals surface area (Å²) >= 11 is 8.46. The van der Waals surface area contributed by atoms with Gasteiger partial charge in [-0.2, -0.15) is 4.31 Å². The van der Waals surface area contributed by atoms with E-state index in [-0.39, 0.29) is 29.1 Å². The van der Waals surface area contributed by atoms with Gasteiger partial charge in [0, 0.05) is 19.0 Å². The average molecular weight is 576 g/mol. The maximum absolute atomic E-state index is 13.9. The molecule has 1 saturated heterocycles. The van der Waals surface area contributed by atoms with Gasteiger partial charge >= 0.3 is 0 Å². The third kappa shape index (κ3) is 5.68. The lowest BCUT2D eigenvalue weighted by molar-refractivity contribution is -0.123. The van der Waals surface area contributed by atoms with Gasteiger partial charge in [0.1, 0.15) is 9.96 Å². The van der Waals surface area contributed by atoms with Gasteiger partial charge in [0.25, 0.3) is 10.0 Å². The van der Waals surface area contributed by atoms with Crippen molar-refractivity contribution in [3.63, 3.8) is 0 Å².